The third-order valence-corrected chi connectivity index (χ3v) is 3.52. The third-order valence-electron chi connectivity index (χ3n) is 2.58. The van der Waals surface area contributed by atoms with Gasteiger partial charge in [0, 0.05) is 17.5 Å². The van der Waals surface area contributed by atoms with Crippen LogP contribution in [0.15, 0.2) is 11.2 Å². The molecular weight excluding hydrogens is 244 g/mol. The zero-order chi connectivity index (χ0) is 13.6. The van der Waals surface area contributed by atoms with Crippen molar-refractivity contribution in [1.29, 1.82) is 5.26 Å². The van der Waals surface area contributed by atoms with Gasteiger partial charge in [-0.15, -0.1) is 0 Å². The van der Waals surface area contributed by atoms with Crippen molar-refractivity contribution in [1.82, 2.24) is 9.97 Å². The lowest BCUT2D eigenvalue weighted by Crippen LogP contribution is -2.07. The Morgan fingerprint density at radius 3 is 2.72 bits per heavy atom. The highest BCUT2D eigenvalue weighted by molar-refractivity contribution is 7.99. The summed E-state index contributed by atoms with van der Waals surface area (Å²) >= 11 is 1.62. The lowest BCUT2D eigenvalue weighted by atomic mass is 9.89. The average molecular weight is 264 g/mol. The molecule has 5 heteroatoms. The molecule has 1 aromatic heterocycles. The van der Waals surface area contributed by atoms with Crippen molar-refractivity contribution in [2.45, 2.75) is 45.2 Å². The highest BCUT2D eigenvalue weighted by atomic mass is 32.2. The summed E-state index contributed by atoms with van der Waals surface area (Å²) in [7, 11) is 0. The molecule has 0 spiro atoms. The molecule has 0 saturated carbocycles. The third kappa shape index (κ3) is 5.37. The van der Waals surface area contributed by atoms with Crippen molar-refractivity contribution in [2.24, 2.45) is 5.41 Å². The first-order chi connectivity index (χ1) is 8.43. The first-order valence-electron chi connectivity index (χ1n) is 6.08. The number of anilines is 1. The van der Waals surface area contributed by atoms with Crippen LogP contribution in [0.3, 0.4) is 0 Å². The Bertz CT molecular complexity index is 417. The largest absolute Gasteiger partial charge is 0.384 e. The van der Waals surface area contributed by atoms with Gasteiger partial charge in [-0.25, -0.2) is 9.97 Å². The standard InChI is InChI=1S/C13H20N4S/c1-10-8-11(15)17-12(16-10)18-7-5-4-6-13(2,3)9-14/h8H,4-7H2,1-3H3,(H2,15,16,17). The number of hydrogen-bond donors (Lipinski definition) is 1. The summed E-state index contributed by atoms with van der Waals surface area (Å²) in [6.45, 7) is 5.87. The maximum Gasteiger partial charge on any atom is 0.189 e. The summed E-state index contributed by atoms with van der Waals surface area (Å²) < 4.78 is 0. The minimum atomic E-state index is -0.213. The van der Waals surface area contributed by atoms with E-state index in [4.69, 9.17) is 11.0 Å². The molecule has 0 aromatic carbocycles. The minimum absolute atomic E-state index is 0.213. The molecule has 0 atom stereocenters. The van der Waals surface area contributed by atoms with Crippen LogP contribution in [0.4, 0.5) is 5.82 Å². The Hall–Kier alpha value is -1.28. The molecule has 4 nitrogen and oxygen atoms in total. The Kier molecular flexibility index (Phi) is 5.42. The molecule has 2 N–H and O–H groups in total. The van der Waals surface area contributed by atoms with Gasteiger partial charge in [-0.1, -0.05) is 18.2 Å². The van der Waals surface area contributed by atoms with Crippen LogP contribution in [0.5, 0.6) is 0 Å². The van der Waals surface area contributed by atoms with Crippen molar-refractivity contribution in [3.63, 3.8) is 0 Å². The molecular formula is C13H20N4S. The average Bonchev–Trinajstić information content (AvgIpc) is 2.27. The van der Waals surface area contributed by atoms with Gasteiger partial charge in [0.15, 0.2) is 5.16 Å². The van der Waals surface area contributed by atoms with Crippen LogP contribution in [0.1, 0.15) is 38.8 Å². The smallest absolute Gasteiger partial charge is 0.189 e. The van der Waals surface area contributed by atoms with E-state index in [9.17, 15) is 0 Å². The number of thioether (sulfide) groups is 1. The molecule has 1 aromatic rings. The van der Waals surface area contributed by atoms with E-state index in [1.165, 1.54) is 0 Å². The predicted molar refractivity (Wildman–Crippen MR) is 75.2 cm³/mol. The van der Waals surface area contributed by atoms with Gasteiger partial charge < -0.3 is 5.73 Å². The molecule has 0 saturated heterocycles. The lowest BCUT2D eigenvalue weighted by molar-refractivity contribution is 0.433. The molecule has 0 bridgehead atoms. The van der Waals surface area contributed by atoms with Crippen LogP contribution in [0.25, 0.3) is 0 Å². The van der Waals surface area contributed by atoms with E-state index in [0.29, 0.717) is 5.82 Å². The maximum absolute atomic E-state index is 8.90. The molecule has 98 valence electrons. The fourth-order valence-electron chi connectivity index (χ4n) is 1.52. The summed E-state index contributed by atoms with van der Waals surface area (Å²) in [6.07, 6.45) is 3.04. The molecule has 0 fully saturated rings. The van der Waals surface area contributed by atoms with Gasteiger partial charge >= 0.3 is 0 Å². The summed E-state index contributed by atoms with van der Waals surface area (Å²) in [5.41, 5.74) is 6.35. The molecule has 0 amide bonds. The van der Waals surface area contributed by atoms with E-state index < -0.39 is 0 Å². The number of aromatic nitrogens is 2. The number of rotatable bonds is 6. The number of nitrogens with zero attached hydrogens (tertiary/aromatic N) is 3. The normalized spacial score (nSPS) is 11.2. The number of aryl methyl sites for hydroxylation is 1. The Morgan fingerprint density at radius 2 is 2.11 bits per heavy atom. The van der Waals surface area contributed by atoms with Crippen LogP contribution in [-0.2, 0) is 0 Å². The SMILES string of the molecule is Cc1cc(N)nc(SCCCCC(C)(C)C#N)n1. The van der Waals surface area contributed by atoms with Crippen molar-refractivity contribution < 1.29 is 0 Å². The van der Waals surface area contributed by atoms with Crippen LogP contribution < -0.4 is 5.73 Å². The fourth-order valence-corrected chi connectivity index (χ4v) is 2.43. The van der Waals surface area contributed by atoms with Gasteiger partial charge in [-0.2, -0.15) is 5.26 Å². The van der Waals surface area contributed by atoms with E-state index in [0.717, 1.165) is 35.9 Å². The molecule has 0 unspecified atom stereocenters. The number of nitrogens with two attached hydrogens (primary N) is 1. The zero-order valence-corrected chi connectivity index (χ0v) is 12.0. The van der Waals surface area contributed by atoms with E-state index >= 15 is 0 Å². The van der Waals surface area contributed by atoms with E-state index in [2.05, 4.69) is 16.0 Å². The van der Waals surface area contributed by atoms with Crippen LogP contribution in [0.2, 0.25) is 0 Å². The molecule has 0 aliphatic heterocycles. The van der Waals surface area contributed by atoms with Crippen molar-refractivity contribution in [2.75, 3.05) is 11.5 Å². The first-order valence-corrected chi connectivity index (χ1v) is 7.07. The summed E-state index contributed by atoms with van der Waals surface area (Å²) in [6, 6.07) is 4.08. The summed E-state index contributed by atoms with van der Waals surface area (Å²) in [4.78, 5) is 8.49. The van der Waals surface area contributed by atoms with Crippen LogP contribution in [0, 0.1) is 23.7 Å². The van der Waals surface area contributed by atoms with Gasteiger partial charge in [-0.3, -0.25) is 0 Å². The molecule has 1 rings (SSSR count). The second-order valence-electron chi connectivity index (χ2n) is 5.02. The second-order valence-corrected chi connectivity index (χ2v) is 6.08. The van der Waals surface area contributed by atoms with E-state index in [-0.39, 0.29) is 5.41 Å². The summed E-state index contributed by atoms with van der Waals surface area (Å²) in [5.74, 6) is 1.49. The van der Waals surface area contributed by atoms with Crippen molar-refractivity contribution in [3.05, 3.63) is 11.8 Å². The van der Waals surface area contributed by atoms with Gasteiger partial charge in [0.1, 0.15) is 5.82 Å². The van der Waals surface area contributed by atoms with Crippen molar-refractivity contribution in [3.8, 4) is 6.07 Å². The number of hydrogen-bond acceptors (Lipinski definition) is 5. The number of nitrogen functional groups attached to an aromatic ring is 1. The zero-order valence-electron chi connectivity index (χ0n) is 11.2. The van der Waals surface area contributed by atoms with E-state index in [1.807, 2.05) is 20.8 Å². The lowest BCUT2D eigenvalue weighted by Gasteiger charge is -2.13. The van der Waals surface area contributed by atoms with E-state index in [1.54, 1.807) is 17.8 Å². The monoisotopic (exact) mass is 264 g/mol. The topological polar surface area (TPSA) is 75.6 Å². The molecule has 0 aliphatic carbocycles. The maximum atomic E-state index is 8.90. The van der Waals surface area contributed by atoms with Crippen molar-refractivity contribution >= 4 is 17.6 Å². The highest BCUT2D eigenvalue weighted by Gasteiger charge is 2.15. The van der Waals surface area contributed by atoms with Gasteiger partial charge in [0.2, 0.25) is 0 Å². The Morgan fingerprint density at radius 1 is 1.39 bits per heavy atom. The van der Waals surface area contributed by atoms with Crippen LogP contribution >= 0.6 is 11.8 Å². The number of nitriles is 1. The molecule has 18 heavy (non-hydrogen) atoms. The van der Waals surface area contributed by atoms with Gasteiger partial charge in [-0.05, 0) is 33.6 Å². The molecule has 0 radical (unpaired) electrons. The minimum Gasteiger partial charge on any atom is -0.384 e. The Labute approximate surface area is 113 Å². The number of unbranched alkanes of at least 4 members (excludes halogenated alkanes) is 1. The van der Waals surface area contributed by atoms with Crippen LogP contribution in [-0.4, -0.2) is 15.7 Å². The second kappa shape index (κ2) is 6.60. The first kappa shape index (κ1) is 14.8. The van der Waals surface area contributed by atoms with Gasteiger partial charge in [0.25, 0.3) is 0 Å². The molecule has 1 heterocycles. The quantitative estimate of drug-likeness (QED) is 0.485. The fraction of sp³-hybridized carbons (Fsp3) is 0.615. The molecule has 0 aliphatic rings. The Balaban J connectivity index is 2.28. The predicted octanol–water partition coefficient (Wildman–Crippen LogP) is 3.18. The highest BCUT2D eigenvalue weighted by Crippen LogP contribution is 2.23. The van der Waals surface area contributed by atoms with Gasteiger partial charge in [0.05, 0.1) is 11.5 Å². The summed E-state index contributed by atoms with van der Waals surface area (Å²) in [5, 5.41) is 9.64.